The van der Waals surface area contributed by atoms with Crippen LogP contribution in [0.5, 0.6) is 0 Å². The summed E-state index contributed by atoms with van der Waals surface area (Å²) in [5.41, 5.74) is 3.76. The molecule has 2 aromatic carbocycles. The van der Waals surface area contributed by atoms with Crippen LogP contribution in [0.2, 0.25) is 0 Å². The van der Waals surface area contributed by atoms with Crippen LogP contribution in [0.25, 0.3) is 0 Å². The molecule has 0 amide bonds. The van der Waals surface area contributed by atoms with E-state index in [1.807, 2.05) is 7.05 Å². The standard InChI is InChI=1S/C16H20N2/c1-3-18(16-10-5-4-6-11-16)13-14-8-7-9-15(12-14)17-2/h4-12,17H,3,13H2,1-2H3. The fraction of sp³-hybridized carbons (Fsp3) is 0.250. The molecule has 0 radical (unpaired) electrons. The molecule has 18 heavy (non-hydrogen) atoms. The maximum atomic E-state index is 3.18. The number of nitrogens with one attached hydrogen (secondary N) is 1. The number of anilines is 2. The Kier molecular flexibility index (Phi) is 4.24. The van der Waals surface area contributed by atoms with E-state index in [1.54, 1.807) is 0 Å². The highest BCUT2D eigenvalue weighted by atomic mass is 15.1. The van der Waals surface area contributed by atoms with Crippen molar-refractivity contribution in [2.24, 2.45) is 0 Å². The first-order valence-corrected chi connectivity index (χ1v) is 6.40. The van der Waals surface area contributed by atoms with Crippen molar-refractivity contribution >= 4 is 11.4 Å². The molecule has 0 fully saturated rings. The van der Waals surface area contributed by atoms with Crippen molar-refractivity contribution < 1.29 is 0 Å². The largest absolute Gasteiger partial charge is 0.388 e. The Morgan fingerprint density at radius 3 is 2.44 bits per heavy atom. The van der Waals surface area contributed by atoms with Gasteiger partial charge in [-0.25, -0.2) is 0 Å². The van der Waals surface area contributed by atoms with Gasteiger partial charge in [-0.1, -0.05) is 30.3 Å². The molecule has 0 aliphatic heterocycles. The summed E-state index contributed by atoms with van der Waals surface area (Å²) in [6, 6.07) is 19.1. The third-order valence-electron chi connectivity index (χ3n) is 3.09. The number of nitrogens with zero attached hydrogens (tertiary/aromatic N) is 1. The Bertz CT molecular complexity index is 479. The van der Waals surface area contributed by atoms with Crippen LogP contribution in [-0.2, 0) is 6.54 Å². The number of hydrogen-bond donors (Lipinski definition) is 1. The van der Waals surface area contributed by atoms with Gasteiger partial charge < -0.3 is 10.2 Å². The van der Waals surface area contributed by atoms with Gasteiger partial charge in [0.1, 0.15) is 0 Å². The monoisotopic (exact) mass is 240 g/mol. The van der Waals surface area contributed by atoms with Gasteiger partial charge in [0.25, 0.3) is 0 Å². The van der Waals surface area contributed by atoms with Crippen molar-refractivity contribution in [3.63, 3.8) is 0 Å². The summed E-state index contributed by atoms with van der Waals surface area (Å²) in [5.74, 6) is 0. The zero-order chi connectivity index (χ0) is 12.8. The van der Waals surface area contributed by atoms with Crippen LogP contribution in [0.4, 0.5) is 11.4 Å². The minimum absolute atomic E-state index is 0.941. The van der Waals surface area contributed by atoms with Crippen LogP contribution in [0.1, 0.15) is 12.5 Å². The van der Waals surface area contributed by atoms with E-state index in [-0.39, 0.29) is 0 Å². The van der Waals surface area contributed by atoms with Crippen molar-refractivity contribution in [1.82, 2.24) is 0 Å². The summed E-state index contributed by atoms with van der Waals surface area (Å²) in [4.78, 5) is 2.37. The Morgan fingerprint density at radius 2 is 1.78 bits per heavy atom. The average molecular weight is 240 g/mol. The zero-order valence-corrected chi connectivity index (χ0v) is 11.1. The lowest BCUT2D eigenvalue weighted by Gasteiger charge is -2.23. The average Bonchev–Trinajstić information content (AvgIpc) is 2.46. The van der Waals surface area contributed by atoms with Gasteiger partial charge in [0, 0.05) is 31.5 Å². The topological polar surface area (TPSA) is 15.3 Å². The molecular formula is C16H20N2. The number of benzene rings is 2. The molecule has 0 atom stereocenters. The van der Waals surface area contributed by atoms with Crippen LogP contribution in [0, 0.1) is 0 Å². The summed E-state index contributed by atoms with van der Waals surface area (Å²) in [7, 11) is 1.95. The minimum Gasteiger partial charge on any atom is -0.388 e. The van der Waals surface area contributed by atoms with Crippen LogP contribution >= 0.6 is 0 Å². The Balaban J connectivity index is 2.15. The van der Waals surface area contributed by atoms with Gasteiger partial charge in [0.05, 0.1) is 0 Å². The van der Waals surface area contributed by atoms with Crippen molar-refractivity contribution in [2.75, 3.05) is 23.8 Å². The minimum atomic E-state index is 0.941. The van der Waals surface area contributed by atoms with E-state index in [1.165, 1.54) is 11.3 Å². The van der Waals surface area contributed by atoms with Crippen LogP contribution in [-0.4, -0.2) is 13.6 Å². The second-order valence-corrected chi connectivity index (χ2v) is 4.30. The third-order valence-corrected chi connectivity index (χ3v) is 3.09. The first kappa shape index (κ1) is 12.5. The van der Waals surface area contributed by atoms with Crippen molar-refractivity contribution in [3.8, 4) is 0 Å². The predicted molar refractivity (Wildman–Crippen MR) is 79.2 cm³/mol. The van der Waals surface area contributed by atoms with E-state index >= 15 is 0 Å². The molecule has 0 spiro atoms. The Morgan fingerprint density at radius 1 is 1.00 bits per heavy atom. The first-order chi connectivity index (χ1) is 8.83. The SMILES string of the molecule is CCN(Cc1cccc(NC)c1)c1ccccc1. The van der Waals surface area contributed by atoms with Gasteiger partial charge >= 0.3 is 0 Å². The molecule has 2 aromatic rings. The number of para-hydroxylation sites is 1. The molecule has 0 saturated carbocycles. The maximum absolute atomic E-state index is 3.18. The highest BCUT2D eigenvalue weighted by Gasteiger charge is 2.04. The molecule has 0 heterocycles. The summed E-state index contributed by atoms with van der Waals surface area (Å²) >= 11 is 0. The van der Waals surface area contributed by atoms with Gasteiger partial charge in [0.2, 0.25) is 0 Å². The molecule has 0 unspecified atom stereocenters. The molecule has 0 aliphatic rings. The van der Waals surface area contributed by atoms with Crippen LogP contribution in [0.3, 0.4) is 0 Å². The summed E-state index contributed by atoms with van der Waals surface area (Å²) in [6.45, 7) is 4.14. The molecule has 2 heteroatoms. The van der Waals surface area contributed by atoms with Gasteiger partial charge in [-0.15, -0.1) is 0 Å². The smallest absolute Gasteiger partial charge is 0.0430 e. The van der Waals surface area contributed by atoms with Gasteiger partial charge in [-0.05, 0) is 36.8 Å². The molecule has 0 bridgehead atoms. The van der Waals surface area contributed by atoms with E-state index in [2.05, 4.69) is 71.7 Å². The summed E-state index contributed by atoms with van der Waals surface area (Å²) in [6.07, 6.45) is 0. The highest BCUT2D eigenvalue weighted by Crippen LogP contribution is 2.18. The Hall–Kier alpha value is -1.96. The van der Waals surface area contributed by atoms with E-state index in [4.69, 9.17) is 0 Å². The zero-order valence-electron chi connectivity index (χ0n) is 11.1. The quantitative estimate of drug-likeness (QED) is 0.856. The molecule has 94 valence electrons. The van der Waals surface area contributed by atoms with Gasteiger partial charge in [-0.2, -0.15) is 0 Å². The van der Waals surface area contributed by atoms with Gasteiger partial charge in [0.15, 0.2) is 0 Å². The molecule has 1 N–H and O–H groups in total. The third kappa shape index (κ3) is 3.04. The van der Waals surface area contributed by atoms with E-state index in [0.29, 0.717) is 0 Å². The predicted octanol–water partition coefficient (Wildman–Crippen LogP) is 3.75. The lowest BCUT2D eigenvalue weighted by atomic mass is 10.1. The van der Waals surface area contributed by atoms with Crippen LogP contribution in [0.15, 0.2) is 54.6 Å². The van der Waals surface area contributed by atoms with Crippen molar-refractivity contribution in [1.29, 1.82) is 0 Å². The lowest BCUT2D eigenvalue weighted by Crippen LogP contribution is -2.21. The molecule has 0 saturated heterocycles. The molecule has 0 aliphatic carbocycles. The maximum Gasteiger partial charge on any atom is 0.0430 e. The van der Waals surface area contributed by atoms with E-state index in [9.17, 15) is 0 Å². The summed E-state index contributed by atoms with van der Waals surface area (Å²) in [5, 5.41) is 3.18. The van der Waals surface area contributed by atoms with Crippen molar-refractivity contribution in [3.05, 3.63) is 60.2 Å². The second kappa shape index (κ2) is 6.10. The normalized spacial score (nSPS) is 10.1. The lowest BCUT2D eigenvalue weighted by molar-refractivity contribution is 0.832. The van der Waals surface area contributed by atoms with Crippen LogP contribution < -0.4 is 10.2 Å². The van der Waals surface area contributed by atoms with E-state index in [0.717, 1.165) is 18.8 Å². The van der Waals surface area contributed by atoms with Gasteiger partial charge in [-0.3, -0.25) is 0 Å². The molecule has 2 rings (SSSR count). The van der Waals surface area contributed by atoms with E-state index < -0.39 is 0 Å². The van der Waals surface area contributed by atoms with Crippen molar-refractivity contribution in [2.45, 2.75) is 13.5 Å². The molecule has 2 nitrogen and oxygen atoms in total. The number of rotatable bonds is 5. The second-order valence-electron chi connectivity index (χ2n) is 4.30. The molecular weight excluding hydrogens is 220 g/mol. The summed E-state index contributed by atoms with van der Waals surface area (Å²) < 4.78 is 0. The Labute approximate surface area is 109 Å². The number of hydrogen-bond acceptors (Lipinski definition) is 2. The first-order valence-electron chi connectivity index (χ1n) is 6.40. The highest BCUT2D eigenvalue weighted by molar-refractivity contribution is 5.49. The fourth-order valence-corrected chi connectivity index (χ4v) is 2.07. The molecule has 0 aromatic heterocycles. The fourth-order valence-electron chi connectivity index (χ4n) is 2.07.